The second kappa shape index (κ2) is 5.79. The highest BCUT2D eigenvalue weighted by Gasteiger charge is 2.13. The molecule has 0 aliphatic carbocycles. The smallest absolute Gasteiger partial charge is 0.323 e. The van der Waals surface area contributed by atoms with Crippen LogP contribution in [0.5, 0.6) is 0 Å². The number of hydrogen-bond donors (Lipinski definition) is 1. The monoisotopic (exact) mass is 248 g/mol. The van der Waals surface area contributed by atoms with E-state index < -0.39 is 5.97 Å². The first-order chi connectivity index (χ1) is 8.08. The van der Waals surface area contributed by atoms with E-state index in [0.29, 0.717) is 16.3 Å². The molecular weight excluding hydrogens is 240 g/mol. The van der Waals surface area contributed by atoms with Gasteiger partial charge < -0.3 is 10.0 Å². The molecule has 1 N–H and O–H groups in total. The van der Waals surface area contributed by atoms with Gasteiger partial charge in [-0.25, -0.2) is 0 Å². The average Bonchev–Trinajstić information content (AvgIpc) is 2.27. The minimum Gasteiger partial charge on any atom is -0.480 e. The van der Waals surface area contributed by atoms with E-state index in [1.165, 1.54) is 11.0 Å². The van der Waals surface area contributed by atoms with Crippen LogP contribution in [0, 0.1) is 23.7 Å². The van der Waals surface area contributed by atoms with Gasteiger partial charge in [0.1, 0.15) is 6.54 Å². The number of rotatable bonds is 4. The minimum absolute atomic E-state index is 0.137. The Bertz CT molecular complexity index is 514. The molecule has 0 radical (unpaired) electrons. The molecule has 0 amide bonds. The van der Waals surface area contributed by atoms with E-state index in [0.717, 1.165) is 0 Å². The van der Waals surface area contributed by atoms with Gasteiger partial charge in [0.2, 0.25) is 0 Å². The molecule has 0 fully saturated rings. The van der Waals surface area contributed by atoms with Crippen molar-refractivity contribution in [3.63, 3.8) is 0 Å². The van der Waals surface area contributed by atoms with Crippen LogP contribution < -0.4 is 4.90 Å². The first kappa shape index (κ1) is 12.9. The lowest BCUT2D eigenvalue weighted by Gasteiger charge is -2.21. The van der Waals surface area contributed by atoms with Gasteiger partial charge in [0, 0.05) is 0 Å². The van der Waals surface area contributed by atoms with E-state index in [4.69, 9.17) is 28.4 Å². The maximum atomic E-state index is 10.7. The number of benzene rings is 1. The van der Waals surface area contributed by atoms with E-state index in [9.17, 15) is 4.79 Å². The Morgan fingerprint density at radius 1 is 1.59 bits per heavy atom. The summed E-state index contributed by atoms with van der Waals surface area (Å²) in [6.45, 7) is -0.103. The number of anilines is 1. The number of halogens is 1. The summed E-state index contributed by atoms with van der Waals surface area (Å²) in [5.41, 5.74) is 0.917. The van der Waals surface area contributed by atoms with Crippen LogP contribution in [-0.4, -0.2) is 24.2 Å². The molecule has 5 heteroatoms. The lowest BCUT2D eigenvalue weighted by molar-refractivity contribution is -0.135. The highest BCUT2D eigenvalue weighted by Crippen LogP contribution is 2.26. The van der Waals surface area contributed by atoms with Gasteiger partial charge >= 0.3 is 5.97 Å². The maximum Gasteiger partial charge on any atom is 0.323 e. The van der Waals surface area contributed by atoms with Crippen molar-refractivity contribution in [1.82, 2.24) is 0 Å². The SMILES string of the molecule is C#CCN(CC(=O)O)c1ccc(C#N)cc1Cl. The zero-order valence-corrected chi connectivity index (χ0v) is 9.61. The predicted molar refractivity (Wildman–Crippen MR) is 64.8 cm³/mol. The fourth-order valence-electron chi connectivity index (χ4n) is 1.33. The molecule has 4 nitrogen and oxygen atoms in total. The molecule has 1 aromatic carbocycles. The van der Waals surface area contributed by atoms with Crippen LogP contribution in [-0.2, 0) is 4.79 Å². The Kier molecular flexibility index (Phi) is 4.39. The Balaban J connectivity index is 3.07. The molecule has 86 valence electrons. The predicted octanol–water partition coefficient (Wildman–Crippen LogP) is 1.74. The van der Waals surface area contributed by atoms with Crippen LogP contribution >= 0.6 is 11.6 Å². The van der Waals surface area contributed by atoms with Gasteiger partial charge in [-0.15, -0.1) is 6.42 Å². The van der Waals surface area contributed by atoms with E-state index in [-0.39, 0.29) is 13.1 Å². The molecule has 1 aromatic rings. The van der Waals surface area contributed by atoms with Crippen LogP contribution in [0.3, 0.4) is 0 Å². The van der Waals surface area contributed by atoms with Gasteiger partial charge in [0.05, 0.1) is 28.9 Å². The molecule has 0 spiro atoms. The van der Waals surface area contributed by atoms with Crippen molar-refractivity contribution < 1.29 is 9.90 Å². The van der Waals surface area contributed by atoms with Gasteiger partial charge in [-0.05, 0) is 18.2 Å². The number of nitrogens with zero attached hydrogens (tertiary/aromatic N) is 2. The summed E-state index contributed by atoms with van der Waals surface area (Å²) < 4.78 is 0. The molecule has 0 saturated heterocycles. The molecule has 0 heterocycles. The second-order valence-corrected chi connectivity index (χ2v) is 3.64. The summed E-state index contributed by atoms with van der Waals surface area (Å²) in [4.78, 5) is 12.1. The van der Waals surface area contributed by atoms with Gasteiger partial charge in [0.25, 0.3) is 0 Å². The van der Waals surface area contributed by atoms with Gasteiger partial charge in [0.15, 0.2) is 0 Å². The van der Waals surface area contributed by atoms with E-state index in [1.807, 2.05) is 6.07 Å². The highest BCUT2D eigenvalue weighted by atomic mass is 35.5. The van der Waals surface area contributed by atoms with Gasteiger partial charge in [-0.1, -0.05) is 17.5 Å². The summed E-state index contributed by atoms with van der Waals surface area (Å²) >= 11 is 5.97. The molecule has 0 aliphatic rings. The lowest BCUT2D eigenvalue weighted by atomic mass is 10.2. The average molecular weight is 249 g/mol. The van der Waals surface area contributed by atoms with Crippen LogP contribution in [0.25, 0.3) is 0 Å². The Labute approximate surface area is 104 Å². The molecular formula is C12H9ClN2O2. The Hall–Kier alpha value is -2.17. The van der Waals surface area contributed by atoms with Crippen molar-refractivity contribution >= 4 is 23.3 Å². The Morgan fingerprint density at radius 3 is 2.76 bits per heavy atom. The largest absolute Gasteiger partial charge is 0.480 e. The summed E-state index contributed by atoms with van der Waals surface area (Å²) in [6, 6.07) is 6.57. The van der Waals surface area contributed by atoms with Crippen molar-refractivity contribution in [2.24, 2.45) is 0 Å². The fraction of sp³-hybridized carbons (Fsp3) is 0.167. The van der Waals surface area contributed by atoms with Crippen molar-refractivity contribution in [1.29, 1.82) is 5.26 Å². The van der Waals surface area contributed by atoms with Crippen LogP contribution in [0.2, 0.25) is 5.02 Å². The Morgan fingerprint density at radius 2 is 2.29 bits per heavy atom. The first-order valence-corrected chi connectivity index (χ1v) is 5.06. The zero-order chi connectivity index (χ0) is 12.8. The fourth-order valence-corrected chi connectivity index (χ4v) is 1.63. The summed E-state index contributed by atoms with van der Waals surface area (Å²) in [7, 11) is 0. The third kappa shape index (κ3) is 3.41. The van der Waals surface area contributed by atoms with E-state index >= 15 is 0 Å². The summed E-state index contributed by atoms with van der Waals surface area (Å²) in [5.74, 6) is 1.37. The molecule has 0 aliphatic heterocycles. The standard InChI is InChI=1S/C12H9ClN2O2/c1-2-5-15(8-12(16)17)11-4-3-9(7-14)6-10(11)13/h1,3-4,6H,5,8H2,(H,16,17). The third-order valence-corrected chi connectivity index (χ3v) is 2.33. The zero-order valence-electron chi connectivity index (χ0n) is 8.85. The van der Waals surface area contributed by atoms with Crippen LogP contribution in [0.1, 0.15) is 5.56 Å². The number of carboxylic acid groups (broad SMARTS) is 1. The molecule has 17 heavy (non-hydrogen) atoms. The second-order valence-electron chi connectivity index (χ2n) is 3.23. The van der Waals surface area contributed by atoms with Crippen molar-refractivity contribution in [2.45, 2.75) is 0 Å². The molecule has 1 rings (SSSR count). The van der Waals surface area contributed by atoms with Crippen molar-refractivity contribution in [3.8, 4) is 18.4 Å². The minimum atomic E-state index is -0.999. The van der Waals surface area contributed by atoms with Crippen molar-refractivity contribution in [3.05, 3.63) is 28.8 Å². The molecule has 0 saturated carbocycles. The van der Waals surface area contributed by atoms with Crippen molar-refractivity contribution in [2.75, 3.05) is 18.0 Å². The summed E-state index contributed by atoms with van der Waals surface area (Å²) in [6.07, 6.45) is 5.17. The maximum absolute atomic E-state index is 10.7. The molecule has 0 bridgehead atoms. The third-order valence-electron chi connectivity index (χ3n) is 2.03. The van der Waals surface area contributed by atoms with E-state index in [1.54, 1.807) is 12.1 Å². The van der Waals surface area contributed by atoms with Crippen LogP contribution in [0.15, 0.2) is 18.2 Å². The van der Waals surface area contributed by atoms with Gasteiger partial charge in [-0.3, -0.25) is 4.79 Å². The number of hydrogen-bond acceptors (Lipinski definition) is 3. The number of carbonyl (C=O) groups is 1. The topological polar surface area (TPSA) is 64.3 Å². The first-order valence-electron chi connectivity index (χ1n) is 4.68. The molecule has 0 atom stereocenters. The number of aliphatic carboxylic acids is 1. The van der Waals surface area contributed by atoms with Gasteiger partial charge in [-0.2, -0.15) is 5.26 Å². The highest BCUT2D eigenvalue weighted by molar-refractivity contribution is 6.33. The van der Waals surface area contributed by atoms with E-state index in [2.05, 4.69) is 5.92 Å². The lowest BCUT2D eigenvalue weighted by Crippen LogP contribution is -2.30. The summed E-state index contributed by atoms with van der Waals surface area (Å²) in [5, 5.41) is 17.8. The normalized spacial score (nSPS) is 9.12. The quantitative estimate of drug-likeness (QED) is 0.825. The molecule has 0 unspecified atom stereocenters. The number of terminal acetylenes is 1. The number of nitriles is 1. The molecule has 0 aromatic heterocycles. The van der Waals surface area contributed by atoms with Crippen LogP contribution in [0.4, 0.5) is 5.69 Å². The number of carboxylic acids is 1.